The molecular formula is C20H23NO2S. The molecule has 2 aromatic rings. The fourth-order valence-electron chi connectivity index (χ4n) is 2.95. The molecule has 126 valence electrons. The van der Waals surface area contributed by atoms with Crippen molar-refractivity contribution in [3.8, 4) is 5.75 Å². The van der Waals surface area contributed by atoms with Crippen LogP contribution in [0.3, 0.4) is 0 Å². The SMILES string of the molecule is COc1ccc(SCC(=O)NC(c2ccccc2)C2CC2C)cc1. The van der Waals surface area contributed by atoms with E-state index >= 15 is 0 Å². The Morgan fingerprint density at radius 3 is 2.46 bits per heavy atom. The van der Waals surface area contributed by atoms with Crippen molar-refractivity contribution in [2.24, 2.45) is 11.8 Å². The van der Waals surface area contributed by atoms with Crippen LogP contribution in [0.5, 0.6) is 5.75 Å². The second-order valence-corrected chi connectivity index (χ2v) is 7.35. The van der Waals surface area contributed by atoms with Gasteiger partial charge < -0.3 is 10.1 Å². The van der Waals surface area contributed by atoms with Crippen LogP contribution in [0.1, 0.15) is 24.9 Å². The van der Waals surface area contributed by atoms with Gasteiger partial charge in [-0.1, -0.05) is 37.3 Å². The molecule has 0 aliphatic heterocycles. The molecule has 3 unspecified atom stereocenters. The third kappa shape index (κ3) is 4.32. The number of hydrogen-bond donors (Lipinski definition) is 1. The molecule has 1 fully saturated rings. The normalized spacial score (nSPS) is 20.2. The number of carbonyl (C=O) groups excluding carboxylic acids is 1. The Hall–Kier alpha value is -1.94. The summed E-state index contributed by atoms with van der Waals surface area (Å²) in [6, 6.07) is 18.2. The van der Waals surface area contributed by atoms with Gasteiger partial charge in [-0.25, -0.2) is 0 Å². The molecule has 1 aliphatic carbocycles. The van der Waals surface area contributed by atoms with Gasteiger partial charge in [0.2, 0.25) is 5.91 Å². The van der Waals surface area contributed by atoms with Crippen LogP contribution in [-0.2, 0) is 4.79 Å². The van der Waals surface area contributed by atoms with E-state index in [4.69, 9.17) is 4.74 Å². The fraction of sp³-hybridized carbons (Fsp3) is 0.350. The van der Waals surface area contributed by atoms with Gasteiger partial charge in [0.1, 0.15) is 5.75 Å². The molecule has 0 heterocycles. The Kier molecular flexibility index (Phi) is 5.46. The van der Waals surface area contributed by atoms with Crippen LogP contribution in [0.4, 0.5) is 0 Å². The van der Waals surface area contributed by atoms with Crippen LogP contribution in [0.2, 0.25) is 0 Å². The van der Waals surface area contributed by atoms with Crippen molar-refractivity contribution in [2.75, 3.05) is 12.9 Å². The van der Waals surface area contributed by atoms with Gasteiger partial charge in [0.05, 0.1) is 18.9 Å². The molecule has 3 atom stereocenters. The van der Waals surface area contributed by atoms with E-state index in [2.05, 4.69) is 24.4 Å². The Bertz CT molecular complexity index is 672. The van der Waals surface area contributed by atoms with E-state index in [1.54, 1.807) is 18.9 Å². The van der Waals surface area contributed by atoms with E-state index in [-0.39, 0.29) is 11.9 Å². The number of rotatable bonds is 7. The molecule has 2 aromatic carbocycles. The lowest BCUT2D eigenvalue weighted by molar-refractivity contribution is -0.119. The standard InChI is InChI=1S/C20H23NO2S/c1-14-12-18(14)20(15-6-4-3-5-7-15)21-19(22)13-24-17-10-8-16(23-2)9-11-17/h3-11,14,18,20H,12-13H2,1-2H3,(H,21,22). The summed E-state index contributed by atoms with van der Waals surface area (Å²) >= 11 is 1.55. The minimum absolute atomic E-state index is 0.0868. The number of amides is 1. The first-order valence-electron chi connectivity index (χ1n) is 8.28. The second-order valence-electron chi connectivity index (χ2n) is 6.30. The number of methoxy groups -OCH3 is 1. The van der Waals surface area contributed by atoms with Crippen LogP contribution in [0.15, 0.2) is 59.5 Å². The number of nitrogens with one attached hydrogen (secondary N) is 1. The van der Waals surface area contributed by atoms with Gasteiger partial charge in [-0.3, -0.25) is 4.79 Å². The summed E-state index contributed by atoms with van der Waals surface area (Å²) in [5, 5.41) is 3.23. The van der Waals surface area contributed by atoms with E-state index < -0.39 is 0 Å². The molecule has 4 heteroatoms. The van der Waals surface area contributed by atoms with Crippen molar-refractivity contribution in [1.29, 1.82) is 0 Å². The smallest absolute Gasteiger partial charge is 0.230 e. The van der Waals surface area contributed by atoms with Crippen molar-refractivity contribution in [3.05, 3.63) is 60.2 Å². The van der Waals surface area contributed by atoms with Gasteiger partial charge in [-0.05, 0) is 48.1 Å². The topological polar surface area (TPSA) is 38.3 Å². The first-order chi connectivity index (χ1) is 11.7. The second kappa shape index (κ2) is 7.75. The Morgan fingerprint density at radius 1 is 1.21 bits per heavy atom. The highest BCUT2D eigenvalue weighted by Crippen LogP contribution is 2.46. The largest absolute Gasteiger partial charge is 0.497 e. The van der Waals surface area contributed by atoms with Crippen LogP contribution in [-0.4, -0.2) is 18.8 Å². The minimum Gasteiger partial charge on any atom is -0.497 e. The maximum atomic E-state index is 12.4. The van der Waals surface area contributed by atoms with Crippen molar-refractivity contribution in [2.45, 2.75) is 24.3 Å². The molecule has 0 radical (unpaired) electrons. The number of hydrogen-bond acceptors (Lipinski definition) is 3. The van der Waals surface area contributed by atoms with E-state index in [0.717, 1.165) is 10.6 Å². The van der Waals surface area contributed by atoms with Crippen LogP contribution < -0.4 is 10.1 Å². The molecule has 0 spiro atoms. The Balaban J connectivity index is 1.57. The zero-order valence-electron chi connectivity index (χ0n) is 14.1. The van der Waals surface area contributed by atoms with Crippen molar-refractivity contribution in [3.63, 3.8) is 0 Å². The average molecular weight is 341 g/mol. The lowest BCUT2D eigenvalue weighted by atomic mass is 10.0. The number of benzene rings is 2. The molecule has 0 saturated heterocycles. The first kappa shape index (κ1) is 16.9. The fourth-order valence-corrected chi connectivity index (χ4v) is 3.66. The van der Waals surface area contributed by atoms with Crippen LogP contribution in [0.25, 0.3) is 0 Å². The van der Waals surface area contributed by atoms with Gasteiger partial charge in [0.25, 0.3) is 0 Å². The summed E-state index contributed by atoms with van der Waals surface area (Å²) in [4.78, 5) is 13.5. The maximum absolute atomic E-state index is 12.4. The zero-order chi connectivity index (χ0) is 16.9. The van der Waals surface area contributed by atoms with Gasteiger partial charge >= 0.3 is 0 Å². The lowest BCUT2D eigenvalue weighted by Crippen LogP contribution is -2.31. The summed E-state index contributed by atoms with van der Waals surface area (Å²) in [5.41, 5.74) is 1.20. The molecular weight excluding hydrogens is 318 g/mol. The van der Waals surface area contributed by atoms with Gasteiger partial charge in [-0.2, -0.15) is 0 Å². The van der Waals surface area contributed by atoms with E-state index in [9.17, 15) is 4.79 Å². The molecule has 24 heavy (non-hydrogen) atoms. The molecule has 1 aliphatic rings. The molecule has 1 saturated carbocycles. The number of ether oxygens (including phenoxy) is 1. The third-order valence-corrected chi connectivity index (χ3v) is 5.52. The van der Waals surface area contributed by atoms with Gasteiger partial charge in [-0.15, -0.1) is 11.8 Å². The molecule has 0 aromatic heterocycles. The molecule has 0 bridgehead atoms. The maximum Gasteiger partial charge on any atom is 0.230 e. The minimum atomic E-state index is 0.0868. The summed E-state index contributed by atoms with van der Waals surface area (Å²) in [6.45, 7) is 2.25. The Morgan fingerprint density at radius 2 is 1.88 bits per heavy atom. The number of carbonyl (C=O) groups is 1. The molecule has 3 nitrogen and oxygen atoms in total. The predicted octanol–water partition coefficient (Wildman–Crippen LogP) is 4.30. The average Bonchev–Trinajstić information content (AvgIpc) is 3.35. The quantitative estimate of drug-likeness (QED) is 0.763. The molecule has 1 amide bonds. The Labute approximate surface area is 147 Å². The van der Waals surface area contributed by atoms with Crippen molar-refractivity contribution >= 4 is 17.7 Å². The highest BCUT2D eigenvalue weighted by Gasteiger charge is 2.40. The van der Waals surface area contributed by atoms with E-state index in [0.29, 0.717) is 17.6 Å². The summed E-state index contributed by atoms with van der Waals surface area (Å²) in [7, 11) is 1.65. The first-order valence-corrected chi connectivity index (χ1v) is 9.27. The van der Waals surface area contributed by atoms with Crippen molar-refractivity contribution < 1.29 is 9.53 Å². The zero-order valence-corrected chi connectivity index (χ0v) is 14.9. The van der Waals surface area contributed by atoms with E-state index in [1.165, 1.54) is 12.0 Å². The van der Waals surface area contributed by atoms with Gasteiger partial charge in [0, 0.05) is 4.90 Å². The predicted molar refractivity (Wildman–Crippen MR) is 98.3 cm³/mol. The molecule has 1 N–H and O–H groups in total. The highest BCUT2D eigenvalue weighted by atomic mass is 32.2. The van der Waals surface area contributed by atoms with Gasteiger partial charge in [0.15, 0.2) is 0 Å². The van der Waals surface area contributed by atoms with E-state index in [1.807, 2.05) is 42.5 Å². The lowest BCUT2D eigenvalue weighted by Gasteiger charge is -2.19. The molecule has 3 rings (SSSR count). The number of thioether (sulfide) groups is 1. The monoisotopic (exact) mass is 341 g/mol. The summed E-state index contributed by atoms with van der Waals surface area (Å²) < 4.78 is 5.15. The summed E-state index contributed by atoms with van der Waals surface area (Å²) in [5.74, 6) is 2.59. The van der Waals surface area contributed by atoms with Crippen molar-refractivity contribution in [1.82, 2.24) is 5.32 Å². The third-order valence-electron chi connectivity index (χ3n) is 4.50. The van der Waals surface area contributed by atoms with Crippen LogP contribution >= 0.6 is 11.8 Å². The highest BCUT2D eigenvalue weighted by molar-refractivity contribution is 8.00. The van der Waals surface area contributed by atoms with Crippen LogP contribution in [0, 0.1) is 11.8 Å². The summed E-state index contributed by atoms with van der Waals surface area (Å²) in [6.07, 6.45) is 1.19.